The van der Waals surface area contributed by atoms with E-state index >= 15 is 0 Å². The molecule has 1 saturated carbocycles. The van der Waals surface area contributed by atoms with E-state index < -0.39 is 11.8 Å². The number of alkyl halides is 2. The van der Waals surface area contributed by atoms with Crippen molar-refractivity contribution < 1.29 is 13.6 Å². The van der Waals surface area contributed by atoms with Crippen molar-refractivity contribution in [2.45, 2.75) is 63.5 Å². The number of carbonyl (C=O) groups excluding carboxylic acids is 1. The van der Waals surface area contributed by atoms with Crippen molar-refractivity contribution >= 4 is 5.91 Å². The first-order chi connectivity index (χ1) is 8.48. The molecular formula is C13H22F2N2O. The van der Waals surface area contributed by atoms with Crippen LogP contribution in [0.5, 0.6) is 0 Å². The van der Waals surface area contributed by atoms with Crippen LogP contribution in [0.25, 0.3) is 0 Å². The molecule has 0 aromatic carbocycles. The van der Waals surface area contributed by atoms with Crippen molar-refractivity contribution in [2.75, 3.05) is 6.54 Å². The van der Waals surface area contributed by atoms with E-state index in [9.17, 15) is 13.6 Å². The van der Waals surface area contributed by atoms with Crippen LogP contribution in [0.3, 0.4) is 0 Å². The van der Waals surface area contributed by atoms with Crippen molar-refractivity contribution in [3.63, 3.8) is 0 Å². The molecule has 0 aromatic heterocycles. The number of hydrogen-bond acceptors (Lipinski definition) is 2. The van der Waals surface area contributed by atoms with E-state index in [4.69, 9.17) is 0 Å². The van der Waals surface area contributed by atoms with Crippen LogP contribution < -0.4 is 10.6 Å². The molecule has 0 spiro atoms. The minimum atomic E-state index is -2.64. The Morgan fingerprint density at radius 1 is 1.39 bits per heavy atom. The molecule has 1 aliphatic heterocycles. The third-order valence-electron chi connectivity index (χ3n) is 4.10. The maximum atomic E-state index is 13.1. The first-order valence-corrected chi connectivity index (χ1v) is 6.89. The van der Waals surface area contributed by atoms with E-state index in [1.54, 1.807) is 0 Å². The van der Waals surface area contributed by atoms with Gasteiger partial charge in [0.15, 0.2) is 0 Å². The van der Waals surface area contributed by atoms with E-state index in [0.29, 0.717) is 6.42 Å². The van der Waals surface area contributed by atoms with Gasteiger partial charge in [-0.3, -0.25) is 4.79 Å². The molecule has 2 rings (SSSR count). The van der Waals surface area contributed by atoms with Gasteiger partial charge in [-0.05, 0) is 32.7 Å². The monoisotopic (exact) mass is 260 g/mol. The highest BCUT2D eigenvalue weighted by atomic mass is 19.3. The molecule has 2 aliphatic rings. The number of halogens is 2. The molecule has 3 nitrogen and oxygen atoms in total. The fourth-order valence-corrected chi connectivity index (χ4v) is 2.92. The fourth-order valence-electron chi connectivity index (χ4n) is 2.92. The maximum absolute atomic E-state index is 13.1. The largest absolute Gasteiger partial charge is 0.352 e. The van der Waals surface area contributed by atoms with Crippen LogP contribution in [-0.2, 0) is 4.79 Å². The molecule has 0 radical (unpaired) electrons. The van der Waals surface area contributed by atoms with Crippen LogP contribution in [0.1, 0.15) is 45.4 Å². The molecule has 104 valence electrons. The summed E-state index contributed by atoms with van der Waals surface area (Å²) < 4.78 is 26.1. The average molecular weight is 260 g/mol. The van der Waals surface area contributed by atoms with E-state index in [1.807, 2.05) is 6.92 Å². The summed E-state index contributed by atoms with van der Waals surface area (Å²) in [5, 5.41) is 6.26. The summed E-state index contributed by atoms with van der Waals surface area (Å²) in [5.41, 5.74) is 0. The number of rotatable bonds is 3. The molecule has 1 amide bonds. The van der Waals surface area contributed by atoms with Gasteiger partial charge in [-0.1, -0.05) is 6.42 Å². The summed E-state index contributed by atoms with van der Waals surface area (Å²) in [6.07, 6.45) is 3.25. The molecule has 3 atom stereocenters. The molecule has 18 heavy (non-hydrogen) atoms. The van der Waals surface area contributed by atoms with Gasteiger partial charge < -0.3 is 10.6 Å². The van der Waals surface area contributed by atoms with E-state index in [1.165, 1.54) is 12.8 Å². The minimum Gasteiger partial charge on any atom is -0.352 e. The van der Waals surface area contributed by atoms with E-state index in [0.717, 1.165) is 13.0 Å². The molecule has 2 N–H and O–H groups in total. The summed E-state index contributed by atoms with van der Waals surface area (Å²) >= 11 is 0. The number of nitrogens with one attached hydrogen (secondary N) is 2. The van der Waals surface area contributed by atoms with Gasteiger partial charge in [0.05, 0.1) is 0 Å². The van der Waals surface area contributed by atoms with Gasteiger partial charge in [-0.15, -0.1) is 0 Å². The summed E-state index contributed by atoms with van der Waals surface area (Å²) in [6.45, 7) is 2.93. The topological polar surface area (TPSA) is 41.1 Å². The zero-order valence-electron chi connectivity index (χ0n) is 10.8. The predicted molar refractivity (Wildman–Crippen MR) is 65.5 cm³/mol. The van der Waals surface area contributed by atoms with Crippen molar-refractivity contribution in [1.82, 2.24) is 10.6 Å². The standard InChI is InChI=1S/C13H22F2N2O/c1-9(11-4-2-3-7-16-11)17-12(18)10-5-6-13(14,15)8-10/h9-11,16H,2-8H2,1H3,(H,17,18). The van der Waals surface area contributed by atoms with Gasteiger partial charge >= 0.3 is 0 Å². The van der Waals surface area contributed by atoms with E-state index in [2.05, 4.69) is 10.6 Å². The van der Waals surface area contributed by atoms with Gasteiger partial charge in [0.1, 0.15) is 0 Å². The highest BCUT2D eigenvalue weighted by Crippen LogP contribution is 2.38. The maximum Gasteiger partial charge on any atom is 0.248 e. The Hall–Kier alpha value is -0.710. The van der Waals surface area contributed by atoms with Gasteiger partial charge in [0, 0.05) is 30.8 Å². The normalized spacial score (nSPS) is 33.1. The Bertz CT molecular complexity index is 303. The molecule has 1 heterocycles. The lowest BCUT2D eigenvalue weighted by molar-refractivity contribution is -0.126. The van der Waals surface area contributed by atoms with Crippen molar-refractivity contribution in [3.8, 4) is 0 Å². The number of piperidine rings is 1. The van der Waals surface area contributed by atoms with Gasteiger partial charge in [-0.2, -0.15) is 0 Å². The lowest BCUT2D eigenvalue weighted by Gasteiger charge is -2.30. The van der Waals surface area contributed by atoms with Crippen molar-refractivity contribution in [1.29, 1.82) is 0 Å². The summed E-state index contributed by atoms with van der Waals surface area (Å²) in [6, 6.07) is 0.302. The fraction of sp³-hybridized carbons (Fsp3) is 0.923. The molecule has 3 unspecified atom stereocenters. The van der Waals surface area contributed by atoms with Crippen LogP contribution in [0, 0.1) is 5.92 Å². The predicted octanol–water partition coefficient (Wildman–Crippen LogP) is 2.07. The van der Waals surface area contributed by atoms with Crippen LogP contribution in [0.4, 0.5) is 8.78 Å². The van der Waals surface area contributed by atoms with Crippen LogP contribution >= 0.6 is 0 Å². The zero-order valence-corrected chi connectivity index (χ0v) is 10.8. The van der Waals surface area contributed by atoms with Gasteiger partial charge in [0.2, 0.25) is 11.8 Å². The van der Waals surface area contributed by atoms with Gasteiger partial charge in [0.25, 0.3) is 0 Å². The van der Waals surface area contributed by atoms with Crippen LogP contribution in [-0.4, -0.2) is 30.5 Å². The third kappa shape index (κ3) is 3.40. The number of hydrogen-bond donors (Lipinski definition) is 2. The van der Waals surface area contributed by atoms with Crippen molar-refractivity contribution in [3.05, 3.63) is 0 Å². The molecule has 5 heteroatoms. The average Bonchev–Trinajstić information content (AvgIpc) is 2.71. The smallest absolute Gasteiger partial charge is 0.248 e. The highest BCUT2D eigenvalue weighted by molar-refractivity contribution is 5.79. The van der Waals surface area contributed by atoms with E-state index in [-0.39, 0.29) is 30.8 Å². The SMILES string of the molecule is CC(NC(=O)C1CCC(F)(F)C1)C1CCCCN1. The second-order valence-corrected chi connectivity index (χ2v) is 5.65. The second kappa shape index (κ2) is 5.51. The Balaban J connectivity index is 1.80. The molecule has 1 saturated heterocycles. The molecular weight excluding hydrogens is 238 g/mol. The highest BCUT2D eigenvalue weighted by Gasteiger charge is 2.42. The number of carbonyl (C=O) groups is 1. The summed E-state index contributed by atoms with van der Waals surface area (Å²) in [7, 11) is 0. The van der Waals surface area contributed by atoms with Crippen LogP contribution in [0.15, 0.2) is 0 Å². The summed E-state index contributed by atoms with van der Waals surface area (Å²) in [5.74, 6) is -3.35. The molecule has 0 aromatic rings. The first kappa shape index (κ1) is 13.7. The lowest BCUT2D eigenvalue weighted by Crippen LogP contribution is -2.51. The molecule has 2 fully saturated rings. The Morgan fingerprint density at radius 3 is 2.72 bits per heavy atom. The third-order valence-corrected chi connectivity index (χ3v) is 4.10. The van der Waals surface area contributed by atoms with Crippen molar-refractivity contribution in [2.24, 2.45) is 5.92 Å². The molecule has 1 aliphatic carbocycles. The minimum absolute atomic E-state index is 0.0204. The lowest BCUT2D eigenvalue weighted by atomic mass is 9.98. The Labute approximate surface area is 107 Å². The second-order valence-electron chi connectivity index (χ2n) is 5.65. The summed E-state index contributed by atoms with van der Waals surface area (Å²) in [4.78, 5) is 11.9. The quantitative estimate of drug-likeness (QED) is 0.815. The first-order valence-electron chi connectivity index (χ1n) is 6.89. The number of amides is 1. The van der Waals surface area contributed by atoms with Gasteiger partial charge in [-0.25, -0.2) is 8.78 Å². The Kier molecular flexibility index (Phi) is 4.20. The van der Waals surface area contributed by atoms with Crippen LogP contribution in [0.2, 0.25) is 0 Å². The Morgan fingerprint density at radius 2 is 2.17 bits per heavy atom. The zero-order chi connectivity index (χ0) is 13.2. The molecule has 0 bridgehead atoms.